The van der Waals surface area contributed by atoms with E-state index in [-0.39, 0.29) is 11.6 Å². The molecule has 22 heavy (non-hydrogen) atoms. The Morgan fingerprint density at radius 1 is 1.50 bits per heavy atom. The Morgan fingerprint density at radius 3 is 2.73 bits per heavy atom. The van der Waals surface area contributed by atoms with Gasteiger partial charge in [0.1, 0.15) is 9.88 Å². The van der Waals surface area contributed by atoms with Crippen LogP contribution in [-0.2, 0) is 0 Å². The highest BCUT2D eigenvalue weighted by atomic mass is 127. The maximum Gasteiger partial charge on any atom is 0.416 e. The fraction of sp³-hybridized carbons (Fsp3) is 0.308. The van der Waals surface area contributed by atoms with Crippen LogP contribution in [0.2, 0.25) is 0 Å². The second kappa shape index (κ2) is 6.59. The number of carbonyl (C=O) groups excluding carboxylic acids is 1. The Balaban J connectivity index is 2.17. The second-order valence-electron chi connectivity index (χ2n) is 4.61. The number of nitrogens with one attached hydrogen (secondary N) is 1. The summed E-state index contributed by atoms with van der Waals surface area (Å²) in [5.74, 6) is -0.454. The number of alkyl halides is 3. The molecule has 0 saturated heterocycles. The zero-order chi connectivity index (χ0) is 16.5. The molecule has 120 valence electrons. The van der Waals surface area contributed by atoms with Crippen molar-refractivity contribution in [3.05, 3.63) is 37.4 Å². The first-order chi connectivity index (χ1) is 10.2. The first-order valence-corrected chi connectivity index (χ1v) is 9.31. The molecule has 0 radical (unpaired) electrons. The summed E-state index contributed by atoms with van der Waals surface area (Å²) in [6, 6.07) is -0.288. The summed E-state index contributed by atoms with van der Waals surface area (Å²) in [6.45, 7) is 3.17. The van der Waals surface area contributed by atoms with E-state index in [9.17, 15) is 18.0 Å². The lowest BCUT2D eigenvalue weighted by atomic mass is 10.1. The Morgan fingerprint density at radius 2 is 2.18 bits per heavy atom. The summed E-state index contributed by atoms with van der Waals surface area (Å²) in [5, 5.41) is 3.15. The topological polar surface area (TPSA) is 68.0 Å². The van der Waals surface area contributed by atoms with Gasteiger partial charge < -0.3 is 11.1 Å². The van der Waals surface area contributed by atoms with Crippen LogP contribution in [0.15, 0.2) is 27.5 Å². The molecule has 1 aliphatic heterocycles. The molecular formula is C13H13F3IN3OS. The second-order valence-corrected chi connectivity index (χ2v) is 8.08. The van der Waals surface area contributed by atoms with Crippen molar-refractivity contribution in [2.45, 2.75) is 26.1 Å². The Bertz CT molecular complexity index is 689. The van der Waals surface area contributed by atoms with Crippen molar-refractivity contribution in [2.75, 3.05) is 0 Å². The van der Waals surface area contributed by atoms with Crippen LogP contribution in [-0.4, -0.2) is 20.7 Å². The van der Waals surface area contributed by atoms with Gasteiger partial charge in [0.05, 0.1) is 21.4 Å². The molecule has 9 heteroatoms. The Kier molecular flexibility index (Phi) is 5.17. The predicted octanol–water partition coefficient (Wildman–Crippen LogP) is 3.40. The fourth-order valence-corrected chi connectivity index (χ4v) is 4.41. The molecule has 4 nitrogen and oxygen atoms in total. The number of nitrogens with zero attached hydrogens (tertiary/aromatic N) is 1. The van der Waals surface area contributed by atoms with Crippen molar-refractivity contribution in [3.63, 3.8) is 0 Å². The lowest BCUT2D eigenvalue weighted by Crippen LogP contribution is -2.29. The number of rotatable bonds is 3. The highest BCUT2D eigenvalue weighted by Gasteiger charge is 2.35. The third-order valence-electron chi connectivity index (χ3n) is 2.71. The van der Waals surface area contributed by atoms with Gasteiger partial charge in [0.25, 0.3) is 5.91 Å². The van der Waals surface area contributed by atoms with Crippen LogP contribution in [0.4, 0.5) is 13.2 Å². The minimum atomic E-state index is -4.42. The molecule has 1 atom stereocenters. The molecule has 2 heterocycles. The number of carbonyl (C=O) groups is 1. The fourth-order valence-electron chi connectivity index (χ4n) is 1.61. The highest BCUT2D eigenvalue weighted by Crippen LogP contribution is 2.34. The van der Waals surface area contributed by atoms with Gasteiger partial charge in [-0.2, -0.15) is 13.2 Å². The normalized spacial score (nSPS) is 16.9. The number of halogens is 4. The zero-order valence-electron chi connectivity index (χ0n) is 11.7. The monoisotopic (exact) mass is 443 g/mol. The van der Waals surface area contributed by atoms with E-state index < -0.39 is 38.4 Å². The molecule has 3 N–H and O–H groups in total. The van der Waals surface area contributed by atoms with E-state index in [0.717, 1.165) is 17.4 Å². The maximum absolute atomic E-state index is 12.9. The summed E-state index contributed by atoms with van der Waals surface area (Å²) >= 11 is 0.344. The molecule has 1 unspecified atom stereocenters. The van der Waals surface area contributed by atoms with Crippen molar-refractivity contribution in [1.29, 1.82) is 0 Å². The van der Waals surface area contributed by atoms with Crippen molar-refractivity contribution < 1.29 is 18.0 Å². The molecule has 0 spiro atoms. The lowest BCUT2D eigenvalue weighted by Gasteiger charge is -2.16. The van der Waals surface area contributed by atoms with Gasteiger partial charge in [0, 0.05) is 0 Å². The smallest absolute Gasteiger partial charge is 0.322 e. The van der Waals surface area contributed by atoms with Crippen molar-refractivity contribution >= 4 is 41.6 Å². The molecule has 0 fully saturated rings. The Hall–Kier alpha value is -1.07. The van der Waals surface area contributed by atoms with Crippen LogP contribution >= 0.6 is 32.1 Å². The van der Waals surface area contributed by atoms with Crippen LogP contribution in [0.1, 0.15) is 34.6 Å². The quantitative estimate of drug-likeness (QED) is 0.704. The average molecular weight is 443 g/mol. The summed E-state index contributed by atoms with van der Waals surface area (Å²) < 4.78 is 40.5. The van der Waals surface area contributed by atoms with Gasteiger partial charge in [-0.05, 0) is 29.6 Å². The molecule has 0 aliphatic carbocycles. The van der Waals surface area contributed by atoms with Crippen molar-refractivity contribution in [2.24, 2.45) is 5.73 Å². The first-order valence-electron chi connectivity index (χ1n) is 6.17. The van der Waals surface area contributed by atoms with E-state index in [1.165, 1.54) is 13.1 Å². The van der Waals surface area contributed by atoms with Gasteiger partial charge in [-0.15, -0.1) is 11.3 Å². The standard InChI is InChI=1S/C13H13F3IN3OS/c1-6-4-17-10(3-8(6)13(14,15)16)20-11(21)9-5-19-12(22-9)7(2)18/h3-5,7H,18H2,1-2H3,(H,20,21). The molecule has 2 rings (SSSR count). The molecule has 0 bridgehead atoms. The average Bonchev–Trinajstić information content (AvgIpc) is 2.89. The van der Waals surface area contributed by atoms with E-state index in [1.807, 2.05) is 0 Å². The molecule has 1 amide bonds. The summed E-state index contributed by atoms with van der Waals surface area (Å²) in [6.07, 6.45) is -2.02. The number of hydrogen-bond acceptors (Lipinski definition) is 4. The SMILES string of the molecule is CC1=CI=C(NC(=O)c2cnc(C(C)N)s2)C=C1C(F)(F)F. The number of hydrogen-bond donors (Lipinski definition) is 2. The number of allylic oxidation sites excluding steroid dienone is 2. The first kappa shape index (κ1) is 17.3. The van der Waals surface area contributed by atoms with Crippen molar-refractivity contribution in [1.82, 2.24) is 10.3 Å². The minimum Gasteiger partial charge on any atom is -0.322 e. The predicted molar refractivity (Wildman–Crippen MR) is 89.1 cm³/mol. The van der Waals surface area contributed by atoms with Gasteiger partial charge in [0.2, 0.25) is 0 Å². The van der Waals surface area contributed by atoms with Crippen LogP contribution in [0.5, 0.6) is 0 Å². The van der Waals surface area contributed by atoms with E-state index >= 15 is 0 Å². The summed E-state index contributed by atoms with van der Waals surface area (Å²) in [7, 11) is 0. The van der Waals surface area contributed by atoms with Gasteiger partial charge in [-0.25, -0.2) is 4.98 Å². The number of thiazole rings is 1. The van der Waals surface area contributed by atoms with E-state index in [4.69, 9.17) is 5.73 Å². The molecule has 1 aromatic rings. The van der Waals surface area contributed by atoms with E-state index in [2.05, 4.69) is 10.3 Å². The van der Waals surface area contributed by atoms with E-state index in [0.29, 0.717) is 13.5 Å². The van der Waals surface area contributed by atoms with E-state index in [1.54, 1.807) is 11.0 Å². The number of nitrogens with two attached hydrogens (primary N) is 1. The molecule has 1 aromatic heterocycles. The lowest BCUT2D eigenvalue weighted by molar-refractivity contribution is -0.0891. The van der Waals surface area contributed by atoms with Gasteiger partial charge in [0.15, 0.2) is 0 Å². The zero-order valence-corrected chi connectivity index (χ0v) is 14.6. The largest absolute Gasteiger partial charge is 0.416 e. The van der Waals surface area contributed by atoms with Gasteiger partial charge in [-0.3, -0.25) is 4.79 Å². The van der Waals surface area contributed by atoms with Crippen LogP contribution in [0.25, 0.3) is 0 Å². The summed E-state index contributed by atoms with van der Waals surface area (Å²) in [5.41, 5.74) is 5.16. The van der Waals surface area contributed by atoms with Gasteiger partial charge >= 0.3 is 6.18 Å². The number of amides is 1. The highest BCUT2D eigenvalue weighted by molar-refractivity contribution is 14.2. The molecule has 1 aliphatic rings. The number of aromatic nitrogens is 1. The summed E-state index contributed by atoms with van der Waals surface area (Å²) in [4.78, 5) is 16.4. The third-order valence-corrected chi connectivity index (χ3v) is 6.40. The minimum absolute atomic E-state index is 0.204. The molecule has 0 aromatic carbocycles. The maximum atomic E-state index is 12.9. The molecular weight excluding hydrogens is 430 g/mol. The Labute approximate surface area is 139 Å². The molecule has 0 saturated carbocycles. The third kappa shape index (κ3) is 4.02. The van der Waals surface area contributed by atoms with Crippen LogP contribution < -0.4 is 11.1 Å². The van der Waals surface area contributed by atoms with Crippen LogP contribution in [0, 0.1) is 0 Å². The van der Waals surface area contributed by atoms with Crippen LogP contribution in [0.3, 0.4) is 0 Å². The van der Waals surface area contributed by atoms with Gasteiger partial charge in [-0.1, -0.05) is 20.7 Å². The van der Waals surface area contributed by atoms with Crippen molar-refractivity contribution in [3.8, 4) is 0 Å².